The van der Waals surface area contributed by atoms with E-state index in [0.717, 1.165) is 25.1 Å². The molecule has 1 aromatic rings. The highest BCUT2D eigenvalue weighted by Crippen LogP contribution is 2.27. The molecular weight excluding hydrogens is 263 g/mol. The minimum atomic E-state index is -0.189. The number of rotatable bonds is 9. The highest BCUT2D eigenvalue weighted by atomic mass is 19.1. The Morgan fingerprint density at radius 2 is 1.57 bits per heavy atom. The van der Waals surface area contributed by atoms with Crippen molar-refractivity contribution in [3.63, 3.8) is 0 Å². The summed E-state index contributed by atoms with van der Waals surface area (Å²) in [5, 5.41) is 0. The van der Waals surface area contributed by atoms with Crippen molar-refractivity contribution in [1.82, 2.24) is 4.90 Å². The third-order valence-electron chi connectivity index (χ3n) is 4.54. The van der Waals surface area contributed by atoms with Gasteiger partial charge < -0.3 is 5.73 Å². The van der Waals surface area contributed by atoms with Crippen molar-refractivity contribution in [2.24, 2.45) is 11.7 Å². The zero-order chi connectivity index (χ0) is 15.8. The molecule has 2 N–H and O–H groups in total. The van der Waals surface area contributed by atoms with E-state index in [1.54, 1.807) is 0 Å². The Morgan fingerprint density at radius 3 is 2.00 bits per heavy atom. The molecule has 2 unspecified atom stereocenters. The summed E-state index contributed by atoms with van der Waals surface area (Å²) in [5.41, 5.74) is 7.51. The van der Waals surface area contributed by atoms with Crippen LogP contribution in [0, 0.1) is 11.7 Å². The topological polar surface area (TPSA) is 29.3 Å². The van der Waals surface area contributed by atoms with Crippen LogP contribution in [-0.4, -0.2) is 24.0 Å². The van der Waals surface area contributed by atoms with Gasteiger partial charge in [-0.1, -0.05) is 52.7 Å². The van der Waals surface area contributed by atoms with E-state index >= 15 is 0 Å². The highest BCUT2D eigenvalue weighted by molar-refractivity contribution is 5.21. The Morgan fingerprint density at radius 1 is 1.00 bits per heavy atom. The van der Waals surface area contributed by atoms with Gasteiger partial charge in [0.15, 0.2) is 0 Å². The van der Waals surface area contributed by atoms with Crippen LogP contribution in [0.4, 0.5) is 4.39 Å². The Kier molecular flexibility index (Phi) is 7.91. The summed E-state index contributed by atoms with van der Waals surface area (Å²) in [6, 6.07) is 7.08. The average Bonchev–Trinajstić information content (AvgIpc) is 2.52. The Bertz CT molecular complexity index is 387. The van der Waals surface area contributed by atoms with E-state index in [1.807, 2.05) is 12.1 Å². The summed E-state index contributed by atoms with van der Waals surface area (Å²) in [5.74, 6) is 0.502. The first kappa shape index (κ1) is 18.1. The molecule has 0 bridgehead atoms. The first-order valence-electron chi connectivity index (χ1n) is 8.32. The number of nitrogens with zero attached hydrogens (tertiary/aromatic N) is 1. The van der Waals surface area contributed by atoms with Crippen LogP contribution in [0.25, 0.3) is 0 Å². The molecule has 0 aliphatic carbocycles. The van der Waals surface area contributed by atoms with Gasteiger partial charge in [0.2, 0.25) is 0 Å². The van der Waals surface area contributed by atoms with Gasteiger partial charge in [0, 0.05) is 18.6 Å². The molecule has 0 aliphatic heterocycles. The fourth-order valence-corrected chi connectivity index (χ4v) is 2.93. The van der Waals surface area contributed by atoms with Crippen molar-refractivity contribution < 1.29 is 4.39 Å². The van der Waals surface area contributed by atoms with Crippen LogP contribution in [-0.2, 0) is 0 Å². The third kappa shape index (κ3) is 5.08. The Balaban J connectivity index is 3.01. The maximum Gasteiger partial charge on any atom is 0.123 e. The lowest BCUT2D eigenvalue weighted by Crippen LogP contribution is -2.42. The number of hydrogen-bond acceptors (Lipinski definition) is 2. The fraction of sp³-hybridized carbons (Fsp3) is 0.667. The molecule has 3 heteroatoms. The average molecular weight is 294 g/mol. The second-order valence-corrected chi connectivity index (χ2v) is 5.84. The van der Waals surface area contributed by atoms with E-state index in [9.17, 15) is 4.39 Å². The van der Waals surface area contributed by atoms with E-state index in [2.05, 4.69) is 32.6 Å². The molecule has 1 aromatic carbocycles. The summed E-state index contributed by atoms with van der Waals surface area (Å²) < 4.78 is 13.2. The molecule has 0 saturated carbocycles. The number of benzene rings is 1. The van der Waals surface area contributed by atoms with Crippen molar-refractivity contribution >= 4 is 0 Å². The summed E-state index contributed by atoms with van der Waals surface area (Å²) >= 11 is 0. The minimum Gasteiger partial charge on any atom is -0.326 e. The smallest absolute Gasteiger partial charge is 0.123 e. The van der Waals surface area contributed by atoms with E-state index in [0.29, 0.717) is 5.92 Å². The van der Waals surface area contributed by atoms with Crippen LogP contribution < -0.4 is 5.73 Å². The van der Waals surface area contributed by atoms with Crippen LogP contribution in [0.5, 0.6) is 0 Å². The Labute approximate surface area is 129 Å². The van der Waals surface area contributed by atoms with Crippen molar-refractivity contribution in [1.29, 1.82) is 0 Å². The first-order chi connectivity index (χ1) is 10.1. The summed E-state index contributed by atoms with van der Waals surface area (Å²) in [6.45, 7) is 10.8. The van der Waals surface area contributed by atoms with Crippen molar-refractivity contribution in [2.45, 2.75) is 59.0 Å². The second kappa shape index (κ2) is 9.16. The number of halogens is 1. The lowest BCUT2D eigenvalue weighted by atomic mass is 9.94. The summed E-state index contributed by atoms with van der Waals surface area (Å²) in [4.78, 5) is 2.46. The molecule has 0 spiro atoms. The van der Waals surface area contributed by atoms with Crippen LogP contribution in [0.2, 0.25) is 0 Å². The molecule has 0 amide bonds. The molecular formula is C18H31FN2. The van der Waals surface area contributed by atoms with Crippen molar-refractivity contribution in [2.75, 3.05) is 13.1 Å². The van der Waals surface area contributed by atoms with Gasteiger partial charge in [-0.3, -0.25) is 4.90 Å². The number of hydrogen-bond donors (Lipinski definition) is 1. The molecule has 0 heterocycles. The van der Waals surface area contributed by atoms with Gasteiger partial charge in [-0.05, 0) is 36.6 Å². The molecule has 2 nitrogen and oxygen atoms in total. The van der Waals surface area contributed by atoms with E-state index in [4.69, 9.17) is 5.73 Å². The van der Waals surface area contributed by atoms with Crippen LogP contribution in [0.1, 0.15) is 58.6 Å². The normalized spacial score (nSPS) is 14.7. The maximum absolute atomic E-state index is 13.2. The van der Waals surface area contributed by atoms with E-state index < -0.39 is 0 Å². The maximum atomic E-state index is 13.2. The van der Waals surface area contributed by atoms with Crippen molar-refractivity contribution in [3.05, 3.63) is 35.6 Å². The van der Waals surface area contributed by atoms with Crippen molar-refractivity contribution in [3.8, 4) is 0 Å². The molecule has 0 radical (unpaired) electrons. The molecule has 0 fully saturated rings. The van der Waals surface area contributed by atoms with E-state index in [1.165, 1.54) is 25.0 Å². The van der Waals surface area contributed by atoms with E-state index in [-0.39, 0.29) is 17.9 Å². The highest BCUT2D eigenvalue weighted by Gasteiger charge is 2.26. The van der Waals surface area contributed by atoms with Gasteiger partial charge in [-0.25, -0.2) is 4.39 Å². The lowest BCUT2D eigenvalue weighted by molar-refractivity contribution is 0.147. The monoisotopic (exact) mass is 294 g/mol. The summed E-state index contributed by atoms with van der Waals surface area (Å²) in [7, 11) is 0. The molecule has 21 heavy (non-hydrogen) atoms. The minimum absolute atomic E-state index is 0.0739. The van der Waals surface area contributed by atoms with Crippen LogP contribution in [0.3, 0.4) is 0 Å². The molecule has 120 valence electrons. The number of nitrogens with two attached hydrogens (primary N) is 1. The standard InChI is InChI=1S/C18H31FN2/c1-5-14(6-2)13-21(8-4)18(17(20)7-3)15-9-11-16(19)12-10-15/h9-12,14,17-18H,5-8,13,20H2,1-4H3. The van der Waals surface area contributed by atoms with Crippen LogP contribution >= 0.6 is 0 Å². The largest absolute Gasteiger partial charge is 0.326 e. The van der Waals surface area contributed by atoms with Crippen LogP contribution in [0.15, 0.2) is 24.3 Å². The molecule has 2 atom stereocenters. The van der Waals surface area contributed by atoms with Gasteiger partial charge in [-0.15, -0.1) is 0 Å². The zero-order valence-corrected chi connectivity index (χ0v) is 14.0. The third-order valence-corrected chi connectivity index (χ3v) is 4.54. The molecule has 0 saturated heterocycles. The van der Waals surface area contributed by atoms with Gasteiger partial charge in [-0.2, -0.15) is 0 Å². The van der Waals surface area contributed by atoms with Gasteiger partial charge in [0.05, 0.1) is 0 Å². The first-order valence-corrected chi connectivity index (χ1v) is 8.32. The summed E-state index contributed by atoms with van der Waals surface area (Å²) in [6.07, 6.45) is 3.29. The fourth-order valence-electron chi connectivity index (χ4n) is 2.93. The lowest BCUT2D eigenvalue weighted by Gasteiger charge is -2.37. The predicted molar refractivity (Wildman–Crippen MR) is 88.7 cm³/mol. The van der Waals surface area contributed by atoms with Gasteiger partial charge in [0.25, 0.3) is 0 Å². The molecule has 0 aliphatic rings. The van der Waals surface area contributed by atoms with Gasteiger partial charge >= 0.3 is 0 Å². The molecule has 1 rings (SSSR count). The second-order valence-electron chi connectivity index (χ2n) is 5.84. The Hall–Kier alpha value is -0.930. The van der Waals surface area contributed by atoms with Gasteiger partial charge in [0.1, 0.15) is 5.82 Å². The zero-order valence-electron chi connectivity index (χ0n) is 14.0. The quantitative estimate of drug-likeness (QED) is 0.733. The predicted octanol–water partition coefficient (Wildman–Crippen LogP) is 4.36. The SMILES string of the molecule is CCC(CC)CN(CC)C(c1ccc(F)cc1)C(N)CC. The molecule has 0 aromatic heterocycles. The number of likely N-dealkylation sites (N-methyl/N-ethyl adjacent to an activating group) is 1.